The van der Waals surface area contributed by atoms with Crippen molar-refractivity contribution in [1.82, 2.24) is 10.4 Å². The molecule has 0 saturated heterocycles. The number of nitrogens with two attached hydrogens (primary N) is 1. The number of amides is 1. The summed E-state index contributed by atoms with van der Waals surface area (Å²) in [5, 5.41) is 0. The molecule has 17 heavy (non-hydrogen) atoms. The van der Waals surface area contributed by atoms with Crippen LogP contribution >= 0.6 is 11.8 Å². The Morgan fingerprint density at radius 1 is 1.65 bits per heavy atom. The molecule has 0 aliphatic heterocycles. The number of hydrogen-bond donors (Lipinski definition) is 2. The van der Waals surface area contributed by atoms with E-state index >= 15 is 0 Å². The molecular formula is C12H19N3OS. The van der Waals surface area contributed by atoms with E-state index < -0.39 is 0 Å². The van der Waals surface area contributed by atoms with Gasteiger partial charge >= 0.3 is 0 Å². The van der Waals surface area contributed by atoms with E-state index in [0.29, 0.717) is 11.5 Å². The van der Waals surface area contributed by atoms with Gasteiger partial charge in [0.15, 0.2) is 0 Å². The zero-order chi connectivity index (χ0) is 12.7. The molecule has 1 aromatic rings. The Morgan fingerprint density at radius 3 is 3.06 bits per heavy atom. The van der Waals surface area contributed by atoms with E-state index in [-0.39, 0.29) is 5.91 Å². The number of carbonyl (C=O) groups excluding carboxylic acids is 1. The molecule has 0 spiro atoms. The van der Waals surface area contributed by atoms with E-state index in [4.69, 9.17) is 5.84 Å². The minimum atomic E-state index is -0.280. The summed E-state index contributed by atoms with van der Waals surface area (Å²) in [5.41, 5.74) is 3.50. The highest BCUT2D eigenvalue weighted by Crippen LogP contribution is 2.18. The fourth-order valence-electron chi connectivity index (χ4n) is 1.31. The van der Waals surface area contributed by atoms with Crippen LogP contribution in [0.5, 0.6) is 0 Å². The number of rotatable bonds is 6. The molecule has 0 aliphatic carbocycles. The monoisotopic (exact) mass is 253 g/mol. The topological polar surface area (TPSA) is 68.0 Å². The van der Waals surface area contributed by atoms with Crippen molar-refractivity contribution < 1.29 is 4.79 Å². The number of aromatic nitrogens is 1. The molecule has 0 fully saturated rings. The average molecular weight is 253 g/mol. The summed E-state index contributed by atoms with van der Waals surface area (Å²) in [4.78, 5) is 15.7. The summed E-state index contributed by atoms with van der Waals surface area (Å²) in [5.74, 6) is 7.37. The summed E-state index contributed by atoms with van der Waals surface area (Å²) >= 11 is 1.80. The largest absolute Gasteiger partial charge is 0.290 e. The molecule has 1 rings (SSSR count). The van der Waals surface area contributed by atoms with E-state index in [1.54, 1.807) is 30.1 Å². The lowest BCUT2D eigenvalue weighted by Gasteiger charge is -2.09. The predicted octanol–water partition coefficient (Wildman–Crippen LogP) is 1.96. The highest BCUT2D eigenvalue weighted by atomic mass is 32.2. The van der Waals surface area contributed by atoms with E-state index in [1.165, 1.54) is 6.42 Å². The minimum absolute atomic E-state index is 0.280. The van der Waals surface area contributed by atoms with Crippen molar-refractivity contribution in [3.8, 4) is 0 Å². The number of nitrogens with zero attached hydrogens (tertiary/aromatic N) is 1. The van der Waals surface area contributed by atoms with Gasteiger partial charge in [-0.05, 0) is 23.8 Å². The normalized spacial score (nSPS) is 12.2. The van der Waals surface area contributed by atoms with Crippen LogP contribution in [0.1, 0.15) is 36.3 Å². The van der Waals surface area contributed by atoms with Gasteiger partial charge in [-0.3, -0.25) is 15.2 Å². The molecule has 0 saturated carbocycles. The van der Waals surface area contributed by atoms with Crippen LogP contribution in [0.15, 0.2) is 18.3 Å². The average Bonchev–Trinajstić information content (AvgIpc) is 2.38. The SMILES string of the molecule is CCC(C)CSCc1ncccc1C(=O)NN. The summed E-state index contributed by atoms with van der Waals surface area (Å²) in [6.07, 6.45) is 2.87. The standard InChI is InChI=1S/C12H19N3OS/c1-3-9(2)7-17-8-11-10(12(16)15-13)5-4-6-14-11/h4-6,9H,3,7-8,13H2,1-2H3,(H,15,16). The predicted molar refractivity (Wildman–Crippen MR) is 71.5 cm³/mol. The Labute approximate surface area is 106 Å². The molecule has 0 bridgehead atoms. The van der Waals surface area contributed by atoms with Crippen molar-refractivity contribution in [3.63, 3.8) is 0 Å². The molecule has 1 unspecified atom stereocenters. The first-order valence-electron chi connectivity index (χ1n) is 5.71. The summed E-state index contributed by atoms with van der Waals surface area (Å²) in [6.45, 7) is 4.40. The molecule has 0 aliphatic rings. The molecule has 1 amide bonds. The highest BCUT2D eigenvalue weighted by Gasteiger charge is 2.11. The summed E-state index contributed by atoms with van der Waals surface area (Å²) < 4.78 is 0. The molecule has 1 atom stereocenters. The lowest BCUT2D eigenvalue weighted by molar-refractivity contribution is 0.0952. The van der Waals surface area contributed by atoms with Crippen LogP contribution in [0.2, 0.25) is 0 Å². The minimum Gasteiger partial charge on any atom is -0.290 e. The van der Waals surface area contributed by atoms with Crippen molar-refractivity contribution >= 4 is 17.7 Å². The number of hydrazine groups is 1. The van der Waals surface area contributed by atoms with Gasteiger partial charge in [-0.25, -0.2) is 5.84 Å². The maximum Gasteiger partial charge on any atom is 0.267 e. The van der Waals surface area contributed by atoms with Crippen molar-refractivity contribution in [1.29, 1.82) is 0 Å². The molecule has 4 nitrogen and oxygen atoms in total. The van der Waals surface area contributed by atoms with Crippen LogP contribution in [0, 0.1) is 5.92 Å². The van der Waals surface area contributed by atoms with E-state index in [0.717, 1.165) is 17.2 Å². The maximum absolute atomic E-state index is 11.5. The maximum atomic E-state index is 11.5. The Bertz CT molecular complexity index is 371. The van der Waals surface area contributed by atoms with Crippen molar-refractivity contribution in [2.45, 2.75) is 26.0 Å². The van der Waals surface area contributed by atoms with Crippen LogP contribution in [0.25, 0.3) is 0 Å². The Kier molecular flexibility index (Phi) is 6.00. The molecule has 1 heterocycles. The molecule has 1 aromatic heterocycles. The van der Waals surface area contributed by atoms with Crippen LogP contribution in [-0.2, 0) is 5.75 Å². The second-order valence-corrected chi connectivity index (χ2v) is 5.03. The van der Waals surface area contributed by atoms with Gasteiger partial charge in [-0.2, -0.15) is 11.8 Å². The number of thioether (sulfide) groups is 1. The van der Waals surface area contributed by atoms with Gasteiger partial charge in [-0.15, -0.1) is 0 Å². The lowest BCUT2D eigenvalue weighted by atomic mass is 10.2. The third kappa shape index (κ3) is 4.36. The molecular weight excluding hydrogens is 234 g/mol. The van der Waals surface area contributed by atoms with Crippen molar-refractivity contribution in [2.24, 2.45) is 11.8 Å². The fourth-order valence-corrected chi connectivity index (χ4v) is 2.49. The Hall–Kier alpha value is -1.07. The first kappa shape index (κ1) is 14.0. The zero-order valence-electron chi connectivity index (χ0n) is 10.3. The number of nitrogens with one attached hydrogen (secondary N) is 1. The molecule has 94 valence electrons. The van der Waals surface area contributed by atoms with Gasteiger partial charge in [0.25, 0.3) is 5.91 Å². The smallest absolute Gasteiger partial charge is 0.267 e. The Morgan fingerprint density at radius 2 is 2.41 bits per heavy atom. The number of nitrogen functional groups attached to an aromatic ring is 1. The van der Waals surface area contributed by atoms with E-state index in [2.05, 4.69) is 24.3 Å². The summed E-state index contributed by atoms with van der Waals surface area (Å²) in [7, 11) is 0. The van der Waals surface area contributed by atoms with Crippen molar-refractivity contribution in [3.05, 3.63) is 29.6 Å². The third-order valence-electron chi connectivity index (χ3n) is 2.60. The quantitative estimate of drug-likeness (QED) is 0.462. The van der Waals surface area contributed by atoms with Crippen LogP contribution in [-0.4, -0.2) is 16.6 Å². The fraction of sp³-hybridized carbons (Fsp3) is 0.500. The third-order valence-corrected chi connectivity index (χ3v) is 3.89. The Balaban J connectivity index is 2.61. The number of carbonyl (C=O) groups is 1. The summed E-state index contributed by atoms with van der Waals surface area (Å²) in [6, 6.07) is 3.49. The second kappa shape index (κ2) is 7.29. The van der Waals surface area contributed by atoms with Gasteiger partial charge in [-0.1, -0.05) is 20.3 Å². The molecule has 3 N–H and O–H groups in total. The first-order chi connectivity index (χ1) is 8.19. The molecule has 0 aromatic carbocycles. The lowest BCUT2D eigenvalue weighted by Crippen LogP contribution is -2.31. The number of hydrogen-bond acceptors (Lipinski definition) is 4. The first-order valence-corrected chi connectivity index (χ1v) is 6.87. The van der Waals surface area contributed by atoms with Gasteiger partial charge in [0.05, 0.1) is 11.3 Å². The van der Waals surface area contributed by atoms with Crippen molar-refractivity contribution in [2.75, 3.05) is 5.75 Å². The molecule has 5 heteroatoms. The van der Waals surface area contributed by atoms with E-state index in [1.807, 2.05) is 0 Å². The van der Waals surface area contributed by atoms with Gasteiger partial charge < -0.3 is 0 Å². The second-order valence-electron chi connectivity index (χ2n) is 4.00. The van der Waals surface area contributed by atoms with Gasteiger partial charge in [0.2, 0.25) is 0 Å². The highest BCUT2D eigenvalue weighted by molar-refractivity contribution is 7.98. The van der Waals surface area contributed by atoms with Crippen LogP contribution in [0.3, 0.4) is 0 Å². The number of pyridine rings is 1. The van der Waals surface area contributed by atoms with Gasteiger partial charge in [0, 0.05) is 11.9 Å². The van der Waals surface area contributed by atoms with Crippen LogP contribution < -0.4 is 11.3 Å². The van der Waals surface area contributed by atoms with Crippen LogP contribution in [0.4, 0.5) is 0 Å². The van der Waals surface area contributed by atoms with E-state index in [9.17, 15) is 4.79 Å². The molecule has 0 radical (unpaired) electrons. The zero-order valence-corrected chi connectivity index (χ0v) is 11.1. The van der Waals surface area contributed by atoms with Gasteiger partial charge in [0.1, 0.15) is 0 Å².